The van der Waals surface area contributed by atoms with Gasteiger partial charge in [0.15, 0.2) is 0 Å². The van der Waals surface area contributed by atoms with Crippen molar-refractivity contribution in [2.24, 2.45) is 0 Å². The molecule has 3 heteroatoms. The van der Waals surface area contributed by atoms with Crippen LogP contribution < -0.4 is 5.32 Å². The van der Waals surface area contributed by atoms with E-state index in [0.29, 0.717) is 0 Å². The third-order valence-corrected chi connectivity index (χ3v) is 3.62. The Morgan fingerprint density at radius 1 is 1.50 bits per heavy atom. The molecule has 3 unspecified atom stereocenters. The number of methoxy groups -OCH3 is 1. The van der Waals surface area contributed by atoms with Crippen molar-refractivity contribution in [1.29, 1.82) is 0 Å². The lowest BCUT2D eigenvalue weighted by Crippen LogP contribution is -2.47. The summed E-state index contributed by atoms with van der Waals surface area (Å²) in [6.45, 7) is 4.52. The first-order chi connectivity index (χ1) is 7.57. The fourth-order valence-electron chi connectivity index (χ4n) is 2.29. The van der Waals surface area contributed by atoms with E-state index in [1.807, 2.05) is 26.0 Å². The topological polar surface area (TPSA) is 41.5 Å². The SMILES string of the molecule is COC(C)C(C)(O)C1NCc2ccccc21. The minimum atomic E-state index is -0.901. The van der Waals surface area contributed by atoms with E-state index in [4.69, 9.17) is 4.74 Å². The Kier molecular flexibility index (Phi) is 3.02. The van der Waals surface area contributed by atoms with Gasteiger partial charge < -0.3 is 15.2 Å². The highest BCUT2D eigenvalue weighted by Crippen LogP contribution is 2.35. The van der Waals surface area contributed by atoms with Gasteiger partial charge in [-0.1, -0.05) is 24.3 Å². The highest BCUT2D eigenvalue weighted by atomic mass is 16.5. The molecule has 16 heavy (non-hydrogen) atoms. The van der Waals surface area contributed by atoms with Gasteiger partial charge in [-0.15, -0.1) is 0 Å². The van der Waals surface area contributed by atoms with Crippen molar-refractivity contribution in [2.75, 3.05) is 7.11 Å². The second-order valence-electron chi connectivity index (χ2n) is 4.62. The average Bonchev–Trinajstić information content (AvgIpc) is 2.72. The minimum Gasteiger partial charge on any atom is -0.385 e. The zero-order valence-corrected chi connectivity index (χ0v) is 10.0. The molecule has 0 saturated carbocycles. The van der Waals surface area contributed by atoms with Crippen molar-refractivity contribution in [2.45, 2.75) is 38.1 Å². The normalized spacial score (nSPS) is 24.9. The van der Waals surface area contributed by atoms with Crippen LogP contribution >= 0.6 is 0 Å². The summed E-state index contributed by atoms with van der Waals surface area (Å²) in [6, 6.07) is 8.13. The number of rotatable bonds is 3. The van der Waals surface area contributed by atoms with Gasteiger partial charge in [-0.05, 0) is 25.0 Å². The van der Waals surface area contributed by atoms with Crippen LogP contribution in [-0.4, -0.2) is 23.9 Å². The summed E-state index contributed by atoms with van der Waals surface area (Å²) in [4.78, 5) is 0. The molecule has 0 bridgehead atoms. The summed E-state index contributed by atoms with van der Waals surface area (Å²) in [5.41, 5.74) is 1.54. The lowest BCUT2D eigenvalue weighted by atomic mass is 9.86. The van der Waals surface area contributed by atoms with Gasteiger partial charge in [-0.2, -0.15) is 0 Å². The molecule has 1 heterocycles. The zero-order valence-electron chi connectivity index (χ0n) is 10.0. The molecule has 3 nitrogen and oxygen atoms in total. The lowest BCUT2D eigenvalue weighted by molar-refractivity contribution is -0.0934. The predicted molar refractivity (Wildman–Crippen MR) is 63.1 cm³/mol. The fourth-order valence-corrected chi connectivity index (χ4v) is 2.29. The van der Waals surface area contributed by atoms with E-state index >= 15 is 0 Å². The molecule has 0 aromatic heterocycles. The maximum absolute atomic E-state index is 10.5. The maximum Gasteiger partial charge on any atom is 0.107 e. The number of hydrogen-bond acceptors (Lipinski definition) is 3. The zero-order chi connectivity index (χ0) is 11.8. The van der Waals surface area contributed by atoms with Gasteiger partial charge in [-0.25, -0.2) is 0 Å². The summed E-state index contributed by atoms with van der Waals surface area (Å²) in [7, 11) is 1.62. The predicted octanol–water partition coefficient (Wildman–Crippen LogP) is 1.62. The number of fused-ring (bicyclic) bond motifs is 1. The Hall–Kier alpha value is -0.900. The second-order valence-corrected chi connectivity index (χ2v) is 4.62. The molecular formula is C13H19NO2. The molecule has 0 aliphatic carbocycles. The van der Waals surface area contributed by atoms with Crippen LogP contribution in [0.3, 0.4) is 0 Å². The number of hydrogen-bond donors (Lipinski definition) is 2. The molecule has 2 rings (SSSR count). The first-order valence-corrected chi connectivity index (χ1v) is 5.63. The van der Waals surface area contributed by atoms with E-state index in [1.54, 1.807) is 7.11 Å². The van der Waals surface area contributed by atoms with Crippen molar-refractivity contribution in [3.05, 3.63) is 35.4 Å². The second kappa shape index (κ2) is 4.17. The number of benzene rings is 1. The highest BCUT2D eigenvalue weighted by Gasteiger charge is 2.41. The van der Waals surface area contributed by atoms with Crippen LogP contribution in [0, 0.1) is 0 Å². The van der Waals surface area contributed by atoms with Crippen molar-refractivity contribution in [1.82, 2.24) is 5.32 Å². The molecule has 3 atom stereocenters. The largest absolute Gasteiger partial charge is 0.385 e. The summed E-state index contributed by atoms with van der Waals surface area (Å²) < 4.78 is 5.25. The molecule has 1 aromatic carbocycles. The van der Waals surface area contributed by atoms with Crippen molar-refractivity contribution < 1.29 is 9.84 Å². The Bertz CT molecular complexity index is 376. The molecule has 2 N–H and O–H groups in total. The summed E-state index contributed by atoms with van der Waals surface area (Å²) in [5.74, 6) is 0. The Labute approximate surface area is 96.4 Å². The van der Waals surface area contributed by atoms with Gasteiger partial charge in [-0.3, -0.25) is 0 Å². The maximum atomic E-state index is 10.5. The summed E-state index contributed by atoms with van der Waals surface area (Å²) in [5, 5.41) is 13.9. The van der Waals surface area contributed by atoms with Crippen LogP contribution in [0.5, 0.6) is 0 Å². The van der Waals surface area contributed by atoms with Gasteiger partial charge >= 0.3 is 0 Å². The van der Waals surface area contributed by atoms with E-state index in [0.717, 1.165) is 6.54 Å². The van der Waals surface area contributed by atoms with Gasteiger partial charge in [0.1, 0.15) is 5.60 Å². The Morgan fingerprint density at radius 2 is 2.19 bits per heavy atom. The van der Waals surface area contributed by atoms with E-state index in [9.17, 15) is 5.11 Å². The number of nitrogens with one attached hydrogen (secondary N) is 1. The van der Waals surface area contributed by atoms with E-state index < -0.39 is 5.60 Å². The van der Waals surface area contributed by atoms with Gasteiger partial charge in [0.2, 0.25) is 0 Å². The molecular weight excluding hydrogens is 202 g/mol. The first kappa shape index (κ1) is 11.6. The molecule has 0 spiro atoms. The van der Waals surface area contributed by atoms with Crippen molar-refractivity contribution in [3.63, 3.8) is 0 Å². The Morgan fingerprint density at radius 3 is 2.88 bits per heavy atom. The van der Waals surface area contributed by atoms with Gasteiger partial charge in [0.25, 0.3) is 0 Å². The van der Waals surface area contributed by atoms with E-state index in [-0.39, 0.29) is 12.1 Å². The molecule has 0 radical (unpaired) electrons. The minimum absolute atomic E-state index is 0.0568. The molecule has 88 valence electrons. The third kappa shape index (κ3) is 1.75. The van der Waals surface area contributed by atoms with Crippen LogP contribution in [-0.2, 0) is 11.3 Å². The first-order valence-electron chi connectivity index (χ1n) is 5.63. The van der Waals surface area contributed by atoms with Crippen LogP contribution in [0.4, 0.5) is 0 Å². The van der Waals surface area contributed by atoms with Crippen molar-refractivity contribution >= 4 is 0 Å². The third-order valence-electron chi connectivity index (χ3n) is 3.62. The quantitative estimate of drug-likeness (QED) is 0.815. The van der Waals surface area contributed by atoms with Gasteiger partial charge in [0.05, 0.1) is 12.1 Å². The standard InChI is InChI=1S/C13H19NO2/c1-9(16-3)13(2,15)12-11-7-5-4-6-10(11)8-14-12/h4-7,9,12,14-15H,8H2,1-3H3. The van der Waals surface area contributed by atoms with Crippen molar-refractivity contribution in [3.8, 4) is 0 Å². The molecule has 0 fully saturated rings. The molecule has 1 aliphatic rings. The van der Waals surface area contributed by atoms with E-state index in [2.05, 4.69) is 17.4 Å². The number of aliphatic hydroxyl groups is 1. The highest BCUT2D eigenvalue weighted by molar-refractivity contribution is 5.36. The average molecular weight is 221 g/mol. The molecule has 1 aromatic rings. The van der Waals surface area contributed by atoms with Crippen LogP contribution in [0.25, 0.3) is 0 Å². The molecule has 0 amide bonds. The van der Waals surface area contributed by atoms with Crippen LogP contribution in [0.2, 0.25) is 0 Å². The Balaban J connectivity index is 2.31. The van der Waals surface area contributed by atoms with Crippen LogP contribution in [0.1, 0.15) is 31.0 Å². The molecule has 0 saturated heterocycles. The monoisotopic (exact) mass is 221 g/mol. The summed E-state index contributed by atoms with van der Waals surface area (Å²) >= 11 is 0. The smallest absolute Gasteiger partial charge is 0.107 e. The number of ether oxygens (including phenoxy) is 1. The van der Waals surface area contributed by atoms with Gasteiger partial charge in [0, 0.05) is 13.7 Å². The fraction of sp³-hybridized carbons (Fsp3) is 0.538. The van der Waals surface area contributed by atoms with Crippen LogP contribution in [0.15, 0.2) is 24.3 Å². The molecule has 1 aliphatic heterocycles. The lowest BCUT2D eigenvalue weighted by Gasteiger charge is -2.35. The van der Waals surface area contributed by atoms with E-state index in [1.165, 1.54) is 11.1 Å². The summed E-state index contributed by atoms with van der Waals surface area (Å²) in [6.07, 6.45) is -0.212.